The predicted octanol–water partition coefficient (Wildman–Crippen LogP) is 6.00. The Morgan fingerprint density at radius 2 is 2.03 bits per heavy atom. The van der Waals surface area contributed by atoms with Crippen LogP contribution in [0, 0.1) is 5.92 Å². The molecule has 35 heavy (non-hydrogen) atoms. The van der Waals surface area contributed by atoms with Crippen LogP contribution in [0.5, 0.6) is 0 Å². The standard InChI is InChI=1S/C27H30ClN3O4/c1-16-9-10-21-22(30(16)27(34)35-2)11-12-23-25(21)29-24(14-17-5-3-7-19(28)13-17)31(23)20-8-4-6-18(15-20)26(32)33/h3,5,7,11-13,16,18,20H,4,6,8-10,14-15H2,1-2H3,(H,32,33)/t16?,18-,20-/m1/s1. The summed E-state index contributed by atoms with van der Waals surface area (Å²) < 4.78 is 7.33. The number of aryl methyl sites for hydroxylation is 1. The highest BCUT2D eigenvalue weighted by atomic mass is 35.5. The van der Waals surface area contributed by atoms with E-state index in [1.54, 1.807) is 4.90 Å². The fourth-order valence-electron chi connectivity index (χ4n) is 5.81. The third-order valence-corrected chi connectivity index (χ3v) is 7.75. The van der Waals surface area contributed by atoms with Gasteiger partial charge in [0.2, 0.25) is 0 Å². The minimum absolute atomic E-state index is 0.0371. The van der Waals surface area contributed by atoms with Crippen LogP contribution in [0.25, 0.3) is 11.0 Å². The Morgan fingerprint density at radius 3 is 2.77 bits per heavy atom. The number of hydrogen-bond acceptors (Lipinski definition) is 4. The summed E-state index contributed by atoms with van der Waals surface area (Å²) in [6.07, 6.45) is 4.95. The average molecular weight is 496 g/mol. The number of carbonyl (C=O) groups is 2. The molecule has 1 aliphatic carbocycles. The first-order valence-electron chi connectivity index (χ1n) is 12.2. The van der Waals surface area contributed by atoms with Gasteiger partial charge in [0.25, 0.3) is 0 Å². The number of fused-ring (bicyclic) bond motifs is 3. The lowest BCUT2D eigenvalue weighted by molar-refractivity contribution is -0.143. The molecule has 0 radical (unpaired) electrons. The number of carbonyl (C=O) groups excluding carboxylic acids is 1. The molecule has 184 valence electrons. The van der Waals surface area contributed by atoms with Crippen LogP contribution >= 0.6 is 11.6 Å². The molecule has 3 aromatic rings. The van der Waals surface area contributed by atoms with Crippen LogP contribution in [0.15, 0.2) is 36.4 Å². The van der Waals surface area contributed by atoms with Crippen molar-refractivity contribution in [3.63, 3.8) is 0 Å². The van der Waals surface area contributed by atoms with Crippen molar-refractivity contribution in [1.82, 2.24) is 9.55 Å². The molecule has 3 atom stereocenters. The number of hydrogen-bond donors (Lipinski definition) is 1. The van der Waals surface area contributed by atoms with E-state index in [2.05, 4.69) is 4.57 Å². The number of nitrogens with zero attached hydrogens (tertiary/aromatic N) is 3. The van der Waals surface area contributed by atoms with Crippen molar-refractivity contribution in [1.29, 1.82) is 0 Å². The molecule has 1 aromatic heterocycles. The number of amides is 1. The van der Waals surface area contributed by atoms with E-state index >= 15 is 0 Å². The summed E-state index contributed by atoms with van der Waals surface area (Å²) >= 11 is 6.26. The SMILES string of the molecule is COC(=O)N1c2ccc3c(nc(Cc4cccc(Cl)c4)n3[C@@H]3CCC[C@@H](C(=O)O)C3)c2CCC1C. The zero-order valence-corrected chi connectivity index (χ0v) is 20.8. The maximum atomic E-state index is 12.6. The molecule has 0 spiro atoms. The number of benzene rings is 2. The summed E-state index contributed by atoms with van der Waals surface area (Å²) in [4.78, 5) is 31.2. The monoisotopic (exact) mass is 495 g/mol. The van der Waals surface area contributed by atoms with Crippen molar-refractivity contribution in [2.24, 2.45) is 5.92 Å². The molecule has 0 bridgehead atoms. The largest absolute Gasteiger partial charge is 0.481 e. The van der Waals surface area contributed by atoms with Gasteiger partial charge < -0.3 is 14.4 Å². The Kier molecular flexibility index (Phi) is 6.45. The van der Waals surface area contributed by atoms with Crippen LogP contribution in [-0.2, 0) is 22.4 Å². The lowest BCUT2D eigenvalue weighted by atomic mass is 9.85. The molecule has 0 saturated heterocycles. The minimum atomic E-state index is -0.726. The number of ether oxygens (including phenoxy) is 1. The molecule has 1 saturated carbocycles. The van der Waals surface area contributed by atoms with Gasteiger partial charge in [0.1, 0.15) is 5.82 Å². The lowest BCUT2D eigenvalue weighted by Gasteiger charge is -2.34. The highest BCUT2D eigenvalue weighted by Crippen LogP contribution is 2.41. The second-order valence-corrected chi connectivity index (χ2v) is 10.2. The Morgan fingerprint density at radius 1 is 1.20 bits per heavy atom. The molecule has 7 nitrogen and oxygen atoms in total. The molecule has 2 heterocycles. The van der Waals surface area contributed by atoms with Gasteiger partial charge in [-0.15, -0.1) is 0 Å². The van der Waals surface area contributed by atoms with Crippen LogP contribution in [-0.4, -0.2) is 39.9 Å². The summed E-state index contributed by atoms with van der Waals surface area (Å²) in [7, 11) is 1.40. The fourth-order valence-corrected chi connectivity index (χ4v) is 6.02. The van der Waals surface area contributed by atoms with E-state index in [-0.39, 0.29) is 24.1 Å². The Hall–Kier alpha value is -3.06. The number of carboxylic acid groups (broad SMARTS) is 1. The minimum Gasteiger partial charge on any atom is -0.481 e. The first-order valence-corrected chi connectivity index (χ1v) is 12.6. The molecule has 8 heteroatoms. The van der Waals surface area contributed by atoms with Gasteiger partial charge in [-0.05, 0) is 68.9 Å². The number of aliphatic carboxylic acids is 1. The van der Waals surface area contributed by atoms with E-state index in [9.17, 15) is 14.7 Å². The van der Waals surface area contributed by atoms with E-state index in [1.807, 2.05) is 43.3 Å². The van der Waals surface area contributed by atoms with Gasteiger partial charge >= 0.3 is 12.1 Å². The molecule has 1 aliphatic heterocycles. The second kappa shape index (κ2) is 9.53. The van der Waals surface area contributed by atoms with Gasteiger partial charge in [0, 0.05) is 29.1 Å². The van der Waals surface area contributed by atoms with Crippen LogP contribution < -0.4 is 4.90 Å². The van der Waals surface area contributed by atoms with Crippen LogP contribution in [0.3, 0.4) is 0 Å². The third-order valence-electron chi connectivity index (χ3n) is 7.51. The molecular weight excluding hydrogens is 466 g/mol. The van der Waals surface area contributed by atoms with Gasteiger partial charge in [-0.25, -0.2) is 9.78 Å². The zero-order chi connectivity index (χ0) is 24.7. The Bertz CT molecular complexity index is 1290. The smallest absolute Gasteiger partial charge is 0.414 e. The first kappa shape index (κ1) is 23.7. The molecular formula is C27H30ClN3O4. The van der Waals surface area contributed by atoms with Gasteiger partial charge in [-0.3, -0.25) is 9.69 Å². The highest BCUT2D eigenvalue weighted by molar-refractivity contribution is 6.30. The predicted molar refractivity (Wildman–Crippen MR) is 135 cm³/mol. The van der Waals surface area contributed by atoms with Crippen molar-refractivity contribution in [3.8, 4) is 0 Å². The number of anilines is 1. The summed E-state index contributed by atoms with van der Waals surface area (Å²) in [5.41, 5.74) is 4.82. The third kappa shape index (κ3) is 4.38. The van der Waals surface area contributed by atoms with Gasteiger partial charge in [-0.1, -0.05) is 30.2 Å². The first-order chi connectivity index (χ1) is 16.9. The second-order valence-electron chi connectivity index (χ2n) is 9.72. The highest BCUT2D eigenvalue weighted by Gasteiger charge is 2.34. The molecule has 2 aliphatic rings. The van der Waals surface area contributed by atoms with E-state index in [0.717, 1.165) is 59.4 Å². The molecule has 5 rings (SSSR count). The fraction of sp³-hybridized carbons (Fsp3) is 0.444. The van der Waals surface area contributed by atoms with Crippen molar-refractivity contribution in [2.75, 3.05) is 12.0 Å². The quantitative estimate of drug-likeness (QED) is 0.479. The zero-order valence-electron chi connectivity index (χ0n) is 20.0. The number of methoxy groups -OCH3 is 1. The topological polar surface area (TPSA) is 84.7 Å². The maximum Gasteiger partial charge on any atom is 0.414 e. The Labute approximate surface area is 209 Å². The summed E-state index contributed by atoms with van der Waals surface area (Å²) in [6.45, 7) is 2.03. The number of carboxylic acids is 1. The van der Waals surface area contributed by atoms with E-state index in [4.69, 9.17) is 21.3 Å². The normalized spacial score (nSPS) is 22.1. The van der Waals surface area contributed by atoms with Crippen molar-refractivity contribution in [3.05, 3.63) is 58.4 Å². The molecule has 2 aromatic carbocycles. The Balaban J connectivity index is 1.66. The molecule has 1 N–H and O–H groups in total. The van der Waals surface area contributed by atoms with Gasteiger partial charge in [0.05, 0.1) is 29.7 Å². The molecule has 1 fully saturated rings. The summed E-state index contributed by atoms with van der Waals surface area (Å²) in [5, 5.41) is 10.4. The van der Waals surface area contributed by atoms with Crippen molar-refractivity contribution >= 4 is 40.4 Å². The number of imidazole rings is 1. The lowest BCUT2D eigenvalue weighted by Crippen LogP contribution is -2.42. The maximum absolute atomic E-state index is 12.6. The number of halogens is 1. The summed E-state index contributed by atoms with van der Waals surface area (Å²) in [6, 6.07) is 11.9. The average Bonchev–Trinajstić information content (AvgIpc) is 3.21. The van der Waals surface area contributed by atoms with Gasteiger partial charge in [0.15, 0.2) is 0 Å². The number of rotatable bonds is 4. The van der Waals surface area contributed by atoms with Crippen molar-refractivity contribution < 1.29 is 19.4 Å². The number of aromatic nitrogens is 2. The summed E-state index contributed by atoms with van der Waals surface area (Å²) in [5.74, 6) is -0.177. The van der Waals surface area contributed by atoms with Crippen LogP contribution in [0.1, 0.15) is 62.0 Å². The van der Waals surface area contributed by atoms with Gasteiger partial charge in [-0.2, -0.15) is 0 Å². The molecule has 1 amide bonds. The van der Waals surface area contributed by atoms with Crippen molar-refractivity contribution in [2.45, 2.75) is 64.0 Å². The van der Waals surface area contributed by atoms with Crippen LogP contribution in [0.4, 0.5) is 10.5 Å². The van der Waals surface area contributed by atoms with Crippen LogP contribution in [0.2, 0.25) is 5.02 Å². The van der Waals surface area contributed by atoms with E-state index < -0.39 is 5.97 Å². The van der Waals surface area contributed by atoms with E-state index in [1.165, 1.54) is 7.11 Å². The van der Waals surface area contributed by atoms with E-state index in [0.29, 0.717) is 24.3 Å². The molecule has 1 unspecified atom stereocenters.